The van der Waals surface area contributed by atoms with Crippen LogP contribution in [0.1, 0.15) is 37.8 Å². The van der Waals surface area contributed by atoms with Crippen molar-refractivity contribution < 1.29 is 9.47 Å². The van der Waals surface area contributed by atoms with Gasteiger partial charge in [0.2, 0.25) is 0 Å². The lowest BCUT2D eigenvalue weighted by Crippen LogP contribution is -2.33. The Kier molecular flexibility index (Phi) is 4.41. The highest BCUT2D eigenvalue weighted by molar-refractivity contribution is 9.10. The summed E-state index contributed by atoms with van der Waals surface area (Å²) in [5, 5.41) is 3.60. The molecular formula is C15H22BrNO2. The van der Waals surface area contributed by atoms with Crippen LogP contribution in [0, 0.1) is 0 Å². The fourth-order valence-electron chi connectivity index (χ4n) is 2.88. The Morgan fingerprint density at radius 2 is 2.00 bits per heavy atom. The summed E-state index contributed by atoms with van der Waals surface area (Å²) in [6.45, 7) is 5.45. The number of hydrogen-bond acceptors (Lipinski definition) is 3. The summed E-state index contributed by atoms with van der Waals surface area (Å²) in [5.41, 5.74) is 2.42. The van der Waals surface area contributed by atoms with Crippen molar-refractivity contribution in [3.05, 3.63) is 21.7 Å². The molecule has 1 aliphatic rings. The standard InChI is InChI=1S/C15H22BrNO2/c1-5-10-9-11(15(2)7-6-8-17-15)14(19-4)12(16)13(10)18-3/h9,17H,5-8H2,1-4H3. The molecule has 0 aliphatic carbocycles. The molecule has 0 saturated carbocycles. The molecule has 1 heterocycles. The van der Waals surface area contributed by atoms with E-state index < -0.39 is 0 Å². The van der Waals surface area contributed by atoms with E-state index in [-0.39, 0.29) is 5.54 Å². The highest BCUT2D eigenvalue weighted by atomic mass is 79.9. The third-order valence-electron chi connectivity index (χ3n) is 4.01. The van der Waals surface area contributed by atoms with Gasteiger partial charge in [0.1, 0.15) is 16.0 Å². The summed E-state index contributed by atoms with van der Waals surface area (Å²) in [7, 11) is 3.42. The molecule has 1 aromatic carbocycles. The SMILES string of the molecule is CCc1cc(C2(C)CCCN2)c(OC)c(Br)c1OC. The Labute approximate surface area is 123 Å². The zero-order valence-corrected chi connectivity index (χ0v) is 13.7. The van der Waals surface area contributed by atoms with E-state index in [0.717, 1.165) is 35.4 Å². The van der Waals surface area contributed by atoms with Gasteiger partial charge in [-0.1, -0.05) is 6.92 Å². The molecule has 3 nitrogen and oxygen atoms in total. The minimum atomic E-state index is -0.00987. The van der Waals surface area contributed by atoms with Crippen LogP contribution in [-0.2, 0) is 12.0 Å². The van der Waals surface area contributed by atoms with Crippen LogP contribution in [0.15, 0.2) is 10.5 Å². The maximum atomic E-state index is 5.63. The van der Waals surface area contributed by atoms with Gasteiger partial charge in [-0.15, -0.1) is 0 Å². The molecule has 0 aromatic heterocycles. The van der Waals surface area contributed by atoms with Crippen molar-refractivity contribution in [3.63, 3.8) is 0 Å². The summed E-state index contributed by atoms with van der Waals surface area (Å²) in [4.78, 5) is 0. The summed E-state index contributed by atoms with van der Waals surface area (Å²) in [5.74, 6) is 1.76. The minimum absolute atomic E-state index is 0.00987. The van der Waals surface area contributed by atoms with Gasteiger partial charge in [-0.3, -0.25) is 0 Å². The van der Waals surface area contributed by atoms with Gasteiger partial charge in [0, 0.05) is 11.1 Å². The molecule has 1 atom stereocenters. The minimum Gasteiger partial charge on any atom is -0.495 e. The molecule has 1 saturated heterocycles. The predicted molar refractivity (Wildman–Crippen MR) is 81.2 cm³/mol. The number of methoxy groups -OCH3 is 2. The van der Waals surface area contributed by atoms with Crippen LogP contribution in [-0.4, -0.2) is 20.8 Å². The quantitative estimate of drug-likeness (QED) is 0.916. The van der Waals surface area contributed by atoms with Gasteiger partial charge in [0.05, 0.1) is 14.2 Å². The summed E-state index contributed by atoms with van der Waals surface area (Å²) >= 11 is 3.64. The van der Waals surface area contributed by atoms with E-state index in [2.05, 4.69) is 41.2 Å². The Hall–Kier alpha value is -0.740. The van der Waals surface area contributed by atoms with E-state index in [9.17, 15) is 0 Å². The van der Waals surface area contributed by atoms with Gasteiger partial charge in [-0.05, 0) is 60.3 Å². The molecule has 106 valence electrons. The van der Waals surface area contributed by atoms with Crippen molar-refractivity contribution in [2.75, 3.05) is 20.8 Å². The molecule has 4 heteroatoms. The van der Waals surface area contributed by atoms with E-state index in [1.165, 1.54) is 17.5 Å². The first-order valence-corrected chi connectivity index (χ1v) is 7.55. The van der Waals surface area contributed by atoms with E-state index in [1.807, 2.05) is 0 Å². The lowest BCUT2D eigenvalue weighted by Gasteiger charge is -2.29. The number of aryl methyl sites for hydroxylation is 1. The van der Waals surface area contributed by atoms with Crippen molar-refractivity contribution in [1.82, 2.24) is 5.32 Å². The highest BCUT2D eigenvalue weighted by Crippen LogP contribution is 2.46. The first kappa shape index (κ1) is 14.7. The fourth-order valence-corrected chi connectivity index (χ4v) is 3.68. The van der Waals surface area contributed by atoms with E-state index in [0.29, 0.717) is 0 Å². The smallest absolute Gasteiger partial charge is 0.141 e. The van der Waals surface area contributed by atoms with Crippen LogP contribution in [0.25, 0.3) is 0 Å². The van der Waals surface area contributed by atoms with Crippen molar-refractivity contribution in [2.45, 2.75) is 38.6 Å². The van der Waals surface area contributed by atoms with Crippen LogP contribution < -0.4 is 14.8 Å². The third kappa shape index (κ3) is 2.48. The predicted octanol–water partition coefficient (Wildman–Crippen LogP) is 3.63. The molecule has 0 bridgehead atoms. The van der Waals surface area contributed by atoms with Crippen LogP contribution in [0.5, 0.6) is 11.5 Å². The molecule has 0 amide bonds. The summed E-state index contributed by atoms with van der Waals surface area (Å²) in [6.07, 6.45) is 3.27. The number of ether oxygens (including phenoxy) is 2. The van der Waals surface area contributed by atoms with Crippen molar-refractivity contribution >= 4 is 15.9 Å². The molecule has 1 N–H and O–H groups in total. The van der Waals surface area contributed by atoms with Gasteiger partial charge >= 0.3 is 0 Å². The second-order valence-corrected chi connectivity index (χ2v) is 5.97. The second-order valence-electron chi connectivity index (χ2n) is 5.18. The molecule has 2 rings (SSSR count). The molecule has 1 aliphatic heterocycles. The number of nitrogens with one attached hydrogen (secondary N) is 1. The largest absolute Gasteiger partial charge is 0.495 e. The molecule has 19 heavy (non-hydrogen) atoms. The first-order valence-electron chi connectivity index (χ1n) is 6.76. The lowest BCUT2D eigenvalue weighted by atomic mass is 9.88. The molecule has 1 aromatic rings. The summed E-state index contributed by atoms with van der Waals surface area (Å²) < 4.78 is 12.1. The Balaban J connectivity index is 2.63. The molecule has 1 unspecified atom stereocenters. The van der Waals surface area contributed by atoms with Crippen molar-refractivity contribution in [1.29, 1.82) is 0 Å². The fraction of sp³-hybridized carbons (Fsp3) is 0.600. The van der Waals surface area contributed by atoms with Gasteiger partial charge in [0.15, 0.2) is 0 Å². The average molecular weight is 328 g/mol. The monoisotopic (exact) mass is 327 g/mol. The Morgan fingerprint density at radius 3 is 2.47 bits per heavy atom. The first-order chi connectivity index (χ1) is 9.07. The van der Waals surface area contributed by atoms with Gasteiger partial charge in [0.25, 0.3) is 0 Å². The van der Waals surface area contributed by atoms with E-state index in [1.54, 1.807) is 14.2 Å². The van der Waals surface area contributed by atoms with Crippen LogP contribution in [0.3, 0.4) is 0 Å². The van der Waals surface area contributed by atoms with Gasteiger partial charge in [-0.25, -0.2) is 0 Å². The third-order valence-corrected chi connectivity index (χ3v) is 4.73. The Morgan fingerprint density at radius 1 is 1.32 bits per heavy atom. The average Bonchev–Trinajstić information content (AvgIpc) is 2.85. The lowest BCUT2D eigenvalue weighted by molar-refractivity contribution is 0.358. The topological polar surface area (TPSA) is 30.5 Å². The van der Waals surface area contributed by atoms with E-state index >= 15 is 0 Å². The van der Waals surface area contributed by atoms with Crippen molar-refractivity contribution in [2.24, 2.45) is 0 Å². The summed E-state index contributed by atoms with van der Waals surface area (Å²) in [6, 6.07) is 2.22. The Bertz CT molecular complexity index is 468. The highest BCUT2D eigenvalue weighted by Gasteiger charge is 2.34. The number of rotatable bonds is 4. The maximum Gasteiger partial charge on any atom is 0.141 e. The molecule has 0 radical (unpaired) electrons. The number of halogens is 1. The maximum absolute atomic E-state index is 5.63. The number of hydrogen-bond donors (Lipinski definition) is 1. The second kappa shape index (κ2) is 5.71. The molecule has 1 fully saturated rings. The van der Waals surface area contributed by atoms with Gasteiger partial charge in [-0.2, -0.15) is 0 Å². The zero-order valence-electron chi connectivity index (χ0n) is 12.1. The molecular weight excluding hydrogens is 306 g/mol. The molecule has 0 spiro atoms. The van der Waals surface area contributed by atoms with Gasteiger partial charge < -0.3 is 14.8 Å². The van der Waals surface area contributed by atoms with Crippen LogP contribution >= 0.6 is 15.9 Å². The number of benzene rings is 1. The van der Waals surface area contributed by atoms with Crippen LogP contribution in [0.2, 0.25) is 0 Å². The van der Waals surface area contributed by atoms with E-state index in [4.69, 9.17) is 9.47 Å². The zero-order chi connectivity index (χ0) is 14.0. The van der Waals surface area contributed by atoms with Crippen molar-refractivity contribution in [3.8, 4) is 11.5 Å². The normalized spacial score (nSPS) is 22.6. The van der Waals surface area contributed by atoms with Crippen LogP contribution in [0.4, 0.5) is 0 Å².